The molecule has 3 rings (SSSR count). The maximum Gasteiger partial charge on any atom is 0.279 e. The zero-order chi connectivity index (χ0) is 17.7. The molecule has 0 amide bonds. The van der Waals surface area contributed by atoms with Crippen molar-refractivity contribution in [2.24, 2.45) is 7.05 Å². The molecule has 1 N–H and O–H groups in total. The minimum Gasteiger partial charge on any atom is -0.278 e. The molecule has 2 heterocycles. The van der Waals surface area contributed by atoms with E-state index in [0.717, 1.165) is 6.26 Å². The molecule has 0 unspecified atom stereocenters. The van der Waals surface area contributed by atoms with Crippen molar-refractivity contribution in [3.63, 3.8) is 0 Å². The molecule has 130 valence electrons. The fourth-order valence-electron chi connectivity index (χ4n) is 2.96. The number of aromatic nitrogens is 2. The lowest BCUT2D eigenvalue weighted by atomic mass is 10.1. The number of hydrogen-bond donors (Lipinski definition) is 1. The van der Waals surface area contributed by atoms with Crippen molar-refractivity contribution in [2.45, 2.75) is 18.4 Å². The number of nitrogens with one attached hydrogen (secondary N) is 1. The van der Waals surface area contributed by atoms with Crippen LogP contribution in [0.4, 0.5) is 11.4 Å². The number of fused-ring (bicyclic) bond motifs is 1. The van der Waals surface area contributed by atoms with Crippen molar-refractivity contribution in [3.8, 4) is 0 Å². The Morgan fingerprint density at radius 1 is 1.21 bits per heavy atom. The number of rotatable bonds is 4. The Hall–Kier alpha value is -2.07. The van der Waals surface area contributed by atoms with Gasteiger partial charge in [0, 0.05) is 24.7 Å². The van der Waals surface area contributed by atoms with Crippen molar-refractivity contribution in [3.05, 3.63) is 35.5 Å². The number of hydrogen-bond acceptors (Lipinski definition) is 5. The fourth-order valence-corrected chi connectivity index (χ4v) is 5.36. The lowest BCUT2D eigenvalue weighted by molar-refractivity contribution is 0.580. The first-order valence-corrected chi connectivity index (χ1v) is 10.6. The highest BCUT2D eigenvalue weighted by Crippen LogP contribution is 2.36. The average Bonchev–Trinajstić information content (AvgIpc) is 3.02. The summed E-state index contributed by atoms with van der Waals surface area (Å²) in [6, 6.07) is 4.95. The van der Waals surface area contributed by atoms with Crippen LogP contribution in [0.5, 0.6) is 0 Å². The highest BCUT2D eigenvalue weighted by Gasteiger charge is 2.30. The minimum atomic E-state index is -3.82. The van der Waals surface area contributed by atoms with E-state index in [4.69, 9.17) is 0 Å². The molecule has 2 aromatic rings. The predicted molar refractivity (Wildman–Crippen MR) is 91.1 cm³/mol. The molecular weight excluding hydrogens is 352 g/mol. The number of sulfonamides is 2. The van der Waals surface area contributed by atoms with Crippen LogP contribution in [0.2, 0.25) is 0 Å². The molecule has 0 radical (unpaired) electrons. The summed E-state index contributed by atoms with van der Waals surface area (Å²) in [5, 5.41) is 4.03. The second-order valence-electron chi connectivity index (χ2n) is 5.75. The van der Waals surface area contributed by atoms with Crippen LogP contribution in [0.25, 0.3) is 0 Å². The van der Waals surface area contributed by atoms with Gasteiger partial charge in [-0.3, -0.25) is 13.7 Å². The van der Waals surface area contributed by atoms with Gasteiger partial charge in [-0.25, -0.2) is 8.42 Å². The van der Waals surface area contributed by atoms with Gasteiger partial charge in [-0.05, 0) is 25.5 Å². The number of aryl methyl sites for hydroxylation is 2. The van der Waals surface area contributed by atoms with Gasteiger partial charge >= 0.3 is 0 Å². The van der Waals surface area contributed by atoms with E-state index < -0.39 is 20.0 Å². The highest BCUT2D eigenvalue weighted by molar-refractivity contribution is 7.92. The molecule has 0 atom stereocenters. The number of benzene rings is 1. The molecule has 24 heavy (non-hydrogen) atoms. The van der Waals surface area contributed by atoms with E-state index >= 15 is 0 Å². The largest absolute Gasteiger partial charge is 0.279 e. The standard InChI is InChI=1S/C14H18N4O4S2/c1-10-9-15-17(2)14(10)24(21,22)16-12-5-4-6-13-11(12)7-8-18(13)23(3,19)20/h4-6,9,16H,7-8H2,1-3H3. The Kier molecular flexibility index (Phi) is 3.83. The van der Waals surface area contributed by atoms with E-state index in [0.29, 0.717) is 35.5 Å². The summed E-state index contributed by atoms with van der Waals surface area (Å²) in [7, 11) is -5.66. The molecule has 1 aliphatic rings. The van der Waals surface area contributed by atoms with Crippen LogP contribution in [-0.2, 0) is 33.5 Å². The van der Waals surface area contributed by atoms with Crippen LogP contribution in [0, 0.1) is 6.92 Å². The summed E-state index contributed by atoms with van der Waals surface area (Å²) >= 11 is 0. The first kappa shape index (κ1) is 16.8. The van der Waals surface area contributed by atoms with Crippen LogP contribution in [-0.4, -0.2) is 39.4 Å². The molecule has 1 aromatic heterocycles. The van der Waals surface area contributed by atoms with E-state index in [1.165, 1.54) is 15.2 Å². The normalized spacial score (nSPS) is 14.7. The molecule has 0 bridgehead atoms. The monoisotopic (exact) mass is 370 g/mol. The Morgan fingerprint density at radius 3 is 2.50 bits per heavy atom. The molecule has 1 aliphatic heterocycles. The second kappa shape index (κ2) is 5.49. The molecule has 0 spiro atoms. The second-order valence-corrected chi connectivity index (χ2v) is 9.25. The zero-order valence-electron chi connectivity index (χ0n) is 13.5. The van der Waals surface area contributed by atoms with Crippen LogP contribution in [0.1, 0.15) is 11.1 Å². The van der Waals surface area contributed by atoms with Gasteiger partial charge < -0.3 is 0 Å². The van der Waals surface area contributed by atoms with Crippen LogP contribution < -0.4 is 9.03 Å². The first-order valence-electron chi connectivity index (χ1n) is 7.22. The van der Waals surface area contributed by atoms with Gasteiger partial charge in [-0.2, -0.15) is 13.5 Å². The van der Waals surface area contributed by atoms with Crippen molar-refractivity contribution in [2.75, 3.05) is 21.8 Å². The van der Waals surface area contributed by atoms with Crippen molar-refractivity contribution < 1.29 is 16.8 Å². The summed E-state index contributed by atoms with van der Waals surface area (Å²) in [5.41, 5.74) is 2.11. The molecule has 1 aromatic carbocycles. The molecule has 0 fully saturated rings. The Labute approximate surface area is 141 Å². The van der Waals surface area contributed by atoms with Gasteiger partial charge in [-0.15, -0.1) is 0 Å². The average molecular weight is 370 g/mol. The van der Waals surface area contributed by atoms with Crippen LogP contribution in [0.3, 0.4) is 0 Å². The maximum absolute atomic E-state index is 12.7. The van der Waals surface area contributed by atoms with E-state index in [2.05, 4.69) is 9.82 Å². The van der Waals surface area contributed by atoms with Gasteiger partial charge in [0.05, 0.1) is 23.8 Å². The lowest BCUT2D eigenvalue weighted by Crippen LogP contribution is -2.27. The molecule has 0 saturated heterocycles. The van der Waals surface area contributed by atoms with E-state index in [1.807, 2.05) is 0 Å². The molecular formula is C14H18N4O4S2. The van der Waals surface area contributed by atoms with Gasteiger partial charge in [0.25, 0.3) is 10.0 Å². The first-order chi connectivity index (χ1) is 11.1. The van der Waals surface area contributed by atoms with Gasteiger partial charge in [-0.1, -0.05) is 6.07 Å². The zero-order valence-corrected chi connectivity index (χ0v) is 15.1. The van der Waals surface area contributed by atoms with Crippen molar-refractivity contribution in [1.29, 1.82) is 0 Å². The van der Waals surface area contributed by atoms with E-state index in [9.17, 15) is 16.8 Å². The number of anilines is 2. The summed E-state index contributed by atoms with van der Waals surface area (Å²) in [6.45, 7) is 1.97. The summed E-state index contributed by atoms with van der Waals surface area (Å²) in [4.78, 5) is 0. The van der Waals surface area contributed by atoms with Crippen LogP contribution >= 0.6 is 0 Å². The van der Waals surface area contributed by atoms with E-state index in [-0.39, 0.29) is 5.03 Å². The minimum absolute atomic E-state index is 0.0815. The van der Waals surface area contributed by atoms with Gasteiger partial charge in [0.1, 0.15) is 0 Å². The summed E-state index contributed by atoms with van der Waals surface area (Å²) in [5.74, 6) is 0. The fraction of sp³-hybridized carbons (Fsp3) is 0.357. The molecule has 8 nitrogen and oxygen atoms in total. The topological polar surface area (TPSA) is 101 Å². The van der Waals surface area contributed by atoms with E-state index in [1.54, 1.807) is 32.2 Å². The number of nitrogens with zero attached hydrogens (tertiary/aromatic N) is 3. The summed E-state index contributed by atoms with van der Waals surface area (Å²) < 4.78 is 54.2. The third-order valence-corrected chi connectivity index (χ3v) is 6.70. The Morgan fingerprint density at radius 2 is 1.92 bits per heavy atom. The van der Waals surface area contributed by atoms with Gasteiger partial charge in [0.15, 0.2) is 5.03 Å². The van der Waals surface area contributed by atoms with Crippen molar-refractivity contribution >= 4 is 31.4 Å². The maximum atomic E-state index is 12.7. The molecule has 10 heteroatoms. The summed E-state index contributed by atoms with van der Waals surface area (Å²) in [6.07, 6.45) is 3.07. The van der Waals surface area contributed by atoms with Gasteiger partial charge in [0.2, 0.25) is 10.0 Å². The quantitative estimate of drug-likeness (QED) is 0.860. The molecule has 0 aliphatic carbocycles. The third-order valence-electron chi connectivity index (χ3n) is 3.94. The smallest absolute Gasteiger partial charge is 0.278 e. The Bertz CT molecular complexity index is 990. The predicted octanol–water partition coefficient (Wildman–Crippen LogP) is 0.851. The SMILES string of the molecule is Cc1cnn(C)c1S(=O)(=O)Nc1cccc2c1CCN2S(C)(=O)=O. The lowest BCUT2D eigenvalue weighted by Gasteiger charge is -2.17. The molecule has 0 saturated carbocycles. The highest BCUT2D eigenvalue weighted by atomic mass is 32.2. The van der Waals surface area contributed by atoms with Crippen LogP contribution in [0.15, 0.2) is 29.4 Å². The van der Waals surface area contributed by atoms with Crippen molar-refractivity contribution in [1.82, 2.24) is 9.78 Å². The Balaban J connectivity index is 2.03. The third kappa shape index (κ3) is 2.75.